The summed E-state index contributed by atoms with van der Waals surface area (Å²) in [5.41, 5.74) is 3.18. The maximum absolute atomic E-state index is 13.0. The fourth-order valence-corrected chi connectivity index (χ4v) is 5.81. The number of benzene rings is 1. The largest absolute Gasteiger partial charge is 0.351 e. The molecule has 1 aliphatic heterocycles. The molecule has 34 heavy (non-hydrogen) atoms. The highest BCUT2D eigenvalue weighted by molar-refractivity contribution is 7.13. The first-order valence-corrected chi connectivity index (χ1v) is 12.2. The highest BCUT2D eigenvalue weighted by atomic mass is 35.5. The first-order valence-electron chi connectivity index (χ1n) is 11.4. The lowest BCUT2D eigenvalue weighted by atomic mass is 9.90. The molecule has 7 nitrogen and oxygen atoms in total. The Morgan fingerprint density at radius 1 is 1.18 bits per heavy atom. The van der Waals surface area contributed by atoms with E-state index in [0.29, 0.717) is 10.7 Å². The van der Waals surface area contributed by atoms with E-state index >= 15 is 0 Å². The Bertz CT molecular complexity index is 1260. The lowest BCUT2D eigenvalue weighted by Gasteiger charge is -2.32. The molecule has 2 aromatic heterocycles. The number of fused-ring (bicyclic) bond motifs is 2. The number of amides is 2. The van der Waals surface area contributed by atoms with E-state index in [1.54, 1.807) is 0 Å². The van der Waals surface area contributed by atoms with Crippen molar-refractivity contribution < 1.29 is 9.59 Å². The van der Waals surface area contributed by atoms with Crippen molar-refractivity contribution in [2.24, 2.45) is 0 Å². The quantitative estimate of drug-likeness (QED) is 0.481. The van der Waals surface area contributed by atoms with E-state index in [2.05, 4.69) is 38.5 Å². The van der Waals surface area contributed by atoms with Crippen LogP contribution in [0.5, 0.6) is 0 Å². The Morgan fingerprint density at radius 3 is 2.65 bits per heavy atom. The molecule has 5 rings (SSSR count). The van der Waals surface area contributed by atoms with Crippen LogP contribution in [0.1, 0.15) is 62.1 Å². The Balaban J connectivity index is 0.00000274. The molecule has 0 spiro atoms. The van der Waals surface area contributed by atoms with Gasteiger partial charge in [0.15, 0.2) is 5.01 Å². The molecule has 3 heterocycles. The number of aromatic nitrogens is 2. The summed E-state index contributed by atoms with van der Waals surface area (Å²) in [4.78, 5) is 37.2. The van der Waals surface area contributed by atoms with Gasteiger partial charge in [0.25, 0.3) is 11.8 Å². The Kier molecular flexibility index (Phi) is 7.27. The summed E-state index contributed by atoms with van der Waals surface area (Å²) in [5, 5.41) is 7.71. The van der Waals surface area contributed by atoms with Crippen LogP contribution in [0.2, 0.25) is 0 Å². The number of rotatable bonds is 4. The second kappa shape index (κ2) is 10.2. The van der Waals surface area contributed by atoms with Crippen molar-refractivity contribution in [2.75, 3.05) is 13.6 Å². The van der Waals surface area contributed by atoms with E-state index in [4.69, 9.17) is 6.42 Å². The van der Waals surface area contributed by atoms with Crippen molar-refractivity contribution in [2.45, 2.75) is 50.7 Å². The van der Waals surface area contributed by atoms with Crippen LogP contribution in [-0.4, -0.2) is 52.4 Å². The fourth-order valence-electron chi connectivity index (χ4n) is 4.72. The maximum atomic E-state index is 13.0. The number of H-pyrrole nitrogens is 1. The Morgan fingerprint density at radius 2 is 1.91 bits per heavy atom. The molecule has 3 N–H and O–H groups in total. The van der Waals surface area contributed by atoms with Crippen molar-refractivity contribution in [3.63, 3.8) is 0 Å². The van der Waals surface area contributed by atoms with Gasteiger partial charge in [-0.2, -0.15) is 0 Å². The van der Waals surface area contributed by atoms with Gasteiger partial charge >= 0.3 is 0 Å². The predicted molar refractivity (Wildman–Crippen MR) is 137 cm³/mol. The number of aromatic amines is 1. The molecule has 0 saturated heterocycles. The number of nitrogens with one attached hydrogen (secondary N) is 3. The lowest BCUT2D eigenvalue weighted by Crippen LogP contribution is -2.53. The summed E-state index contributed by atoms with van der Waals surface area (Å²) < 4.78 is 0. The Labute approximate surface area is 209 Å². The zero-order valence-corrected chi connectivity index (χ0v) is 20.7. The molecule has 3 aromatic rings. The van der Waals surface area contributed by atoms with Gasteiger partial charge in [0.05, 0.1) is 5.69 Å². The highest BCUT2D eigenvalue weighted by Gasteiger charge is 2.30. The second-order valence-corrected chi connectivity index (χ2v) is 10.0. The zero-order valence-electron chi connectivity index (χ0n) is 19.0. The molecule has 1 fully saturated rings. The summed E-state index contributed by atoms with van der Waals surface area (Å²) in [6.45, 7) is 1.81. The second-order valence-electron chi connectivity index (χ2n) is 8.95. The topological polar surface area (TPSA) is 90.1 Å². The molecule has 1 saturated carbocycles. The van der Waals surface area contributed by atoms with Crippen molar-refractivity contribution in [3.8, 4) is 12.3 Å². The van der Waals surface area contributed by atoms with E-state index in [9.17, 15) is 9.59 Å². The molecule has 0 radical (unpaired) electrons. The van der Waals surface area contributed by atoms with E-state index in [0.717, 1.165) is 67.4 Å². The molecule has 2 atom stereocenters. The van der Waals surface area contributed by atoms with Crippen LogP contribution in [-0.2, 0) is 13.0 Å². The third kappa shape index (κ3) is 4.97. The minimum atomic E-state index is -0.174. The lowest BCUT2D eigenvalue weighted by molar-refractivity contribution is 0.0860. The number of terminal acetylenes is 1. The minimum absolute atomic E-state index is 0. The van der Waals surface area contributed by atoms with Crippen LogP contribution < -0.4 is 10.6 Å². The molecule has 2 amide bonds. The zero-order chi connectivity index (χ0) is 22.9. The number of carbonyl (C=O) groups is 2. The summed E-state index contributed by atoms with van der Waals surface area (Å²) >= 11 is 1.48. The number of likely N-dealkylation sites (N-methyl/N-ethyl adjacent to an activating group) is 1. The van der Waals surface area contributed by atoms with Crippen LogP contribution >= 0.6 is 23.7 Å². The van der Waals surface area contributed by atoms with Crippen LogP contribution in [0.4, 0.5) is 0 Å². The van der Waals surface area contributed by atoms with E-state index in [-0.39, 0.29) is 36.3 Å². The van der Waals surface area contributed by atoms with Crippen molar-refractivity contribution >= 4 is 46.5 Å². The summed E-state index contributed by atoms with van der Waals surface area (Å²) in [6.07, 6.45) is 10.1. The van der Waals surface area contributed by atoms with E-state index in [1.165, 1.54) is 16.2 Å². The number of nitrogens with zero attached hydrogens (tertiary/aromatic N) is 2. The number of thiazole rings is 1. The molecule has 0 bridgehead atoms. The number of halogens is 1. The van der Waals surface area contributed by atoms with Gasteiger partial charge in [-0.1, -0.05) is 18.8 Å². The monoisotopic (exact) mass is 497 g/mol. The van der Waals surface area contributed by atoms with Crippen LogP contribution in [0, 0.1) is 12.3 Å². The fraction of sp³-hybridized carbons (Fsp3) is 0.400. The van der Waals surface area contributed by atoms with Gasteiger partial charge in [-0.25, -0.2) is 4.98 Å². The van der Waals surface area contributed by atoms with Gasteiger partial charge in [-0.15, -0.1) is 30.2 Å². The van der Waals surface area contributed by atoms with Crippen LogP contribution in [0.3, 0.4) is 0 Å². The first-order chi connectivity index (χ1) is 16.0. The third-order valence-corrected chi connectivity index (χ3v) is 7.63. The van der Waals surface area contributed by atoms with Gasteiger partial charge in [-0.05, 0) is 44.2 Å². The van der Waals surface area contributed by atoms with Crippen molar-refractivity contribution in [1.29, 1.82) is 0 Å². The minimum Gasteiger partial charge on any atom is -0.351 e. The molecule has 1 aromatic carbocycles. The molecule has 2 unspecified atom stereocenters. The van der Waals surface area contributed by atoms with Crippen molar-refractivity contribution in [1.82, 2.24) is 25.5 Å². The third-order valence-electron chi connectivity index (χ3n) is 6.55. The van der Waals surface area contributed by atoms with Gasteiger partial charge < -0.3 is 20.5 Å². The SMILES string of the molecule is C#Cc1ccc2[nH]c(C(=O)NC3CCCCC3NC(=O)c3nc4c(s3)CN(C)CC4)cc2c1.Cl. The smallest absolute Gasteiger partial charge is 0.280 e. The number of hydrogen-bond donors (Lipinski definition) is 3. The maximum Gasteiger partial charge on any atom is 0.280 e. The normalized spacial score (nSPS) is 20.1. The molecular formula is C25H28ClN5O2S. The van der Waals surface area contributed by atoms with E-state index < -0.39 is 0 Å². The Hall–Kier alpha value is -2.86. The van der Waals surface area contributed by atoms with Crippen molar-refractivity contribution in [3.05, 3.63) is 51.1 Å². The molecule has 9 heteroatoms. The van der Waals surface area contributed by atoms with Gasteiger partial charge in [0.2, 0.25) is 0 Å². The average molecular weight is 498 g/mol. The van der Waals surface area contributed by atoms with E-state index in [1.807, 2.05) is 24.3 Å². The molecule has 2 aliphatic rings. The van der Waals surface area contributed by atoms with Gasteiger partial charge in [0.1, 0.15) is 5.69 Å². The predicted octanol–water partition coefficient (Wildman–Crippen LogP) is 3.49. The first kappa shape index (κ1) is 24.3. The van der Waals surface area contributed by atoms with Gasteiger partial charge in [-0.3, -0.25) is 9.59 Å². The highest BCUT2D eigenvalue weighted by Crippen LogP contribution is 2.26. The molecule has 1 aliphatic carbocycles. The summed E-state index contributed by atoms with van der Waals surface area (Å²) in [6, 6.07) is 7.20. The van der Waals surface area contributed by atoms with Crippen LogP contribution in [0.25, 0.3) is 10.9 Å². The standard InChI is InChI=1S/C25H27N5O2S.ClH/c1-3-15-8-9-17-16(12-15)13-21(26-17)23(31)27-18-6-4-5-7-19(18)28-24(32)25-29-20-10-11-30(2)14-22(20)33-25;/h1,8-9,12-13,18-19,26H,4-7,10-11,14H2,2H3,(H,27,31)(H,28,32);1H. The molecule has 178 valence electrons. The van der Waals surface area contributed by atoms with Gasteiger partial charge in [0, 0.05) is 52.9 Å². The summed E-state index contributed by atoms with van der Waals surface area (Å²) in [7, 11) is 2.08. The molecular weight excluding hydrogens is 470 g/mol. The number of hydrogen-bond acceptors (Lipinski definition) is 5. The van der Waals surface area contributed by atoms with Crippen LogP contribution in [0.15, 0.2) is 24.3 Å². The number of carbonyl (C=O) groups excluding carboxylic acids is 2. The average Bonchev–Trinajstić information content (AvgIpc) is 3.43. The summed E-state index contributed by atoms with van der Waals surface area (Å²) in [5.74, 6) is 2.30.